The molecule has 0 aliphatic carbocycles. The Kier molecular flexibility index (Phi) is 5.81. The lowest BCUT2D eigenvalue weighted by molar-refractivity contribution is 0.0949. The van der Waals surface area contributed by atoms with E-state index in [2.05, 4.69) is 27.2 Å². The fourth-order valence-corrected chi connectivity index (χ4v) is 3.39. The average molecular weight is 341 g/mol. The fraction of sp³-hybridized carbons (Fsp3) is 0.526. The summed E-state index contributed by atoms with van der Waals surface area (Å²) in [6.07, 6.45) is 10.7. The Morgan fingerprint density at radius 2 is 2.20 bits per heavy atom. The van der Waals surface area contributed by atoms with Crippen molar-refractivity contribution in [2.24, 2.45) is 13.0 Å². The van der Waals surface area contributed by atoms with Crippen LogP contribution in [0.15, 0.2) is 30.9 Å². The first-order valence-electron chi connectivity index (χ1n) is 9.06. The predicted molar refractivity (Wildman–Crippen MR) is 98.2 cm³/mol. The van der Waals surface area contributed by atoms with E-state index in [1.54, 1.807) is 23.3 Å². The summed E-state index contributed by atoms with van der Waals surface area (Å²) in [5.74, 6) is 0.731. The first kappa shape index (κ1) is 17.6. The van der Waals surface area contributed by atoms with Crippen molar-refractivity contribution in [3.63, 3.8) is 0 Å². The van der Waals surface area contributed by atoms with Gasteiger partial charge < -0.3 is 10.2 Å². The number of hydrogen-bond donors (Lipinski definition) is 1. The molecule has 1 fully saturated rings. The highest BCUT2D eigenvalue weighted by molar-refractivity contribution is 5.94. The van der Waals surface area contributed by atoms with Crippen LogP contribution in [-0.4, -0.2) is 51.8 Å². The van der Waals surface area contributed by atoms with E-state index >= 15 is 0 Å². The molecule has 1 amide bonds. The molecule has 1 atom stereocenters. The number of likely N-dealkylation sites (tertiary alicyclic amines) is 1. The van der Waals surface area contributed by atoms with Gasteiger partial charge in [-0.05, 0) is 44.3 Å². The normalized spacial score (nSPS) is 18.2. The molecule has 0 bridgehead atoms. The Morgan fingerprint density at radius 3 is 2.96 bits per heavy atom. The minimum Gasteiger partial charge on any atom is -0.352 e. The standard InChI is InChI=1S/C19H27N5O/c1-15-5-3-7-24(13-15)8-4-6-21-19(25)17-9-16(10-20-11-17)18-12-22-23(2)14-18/h9-12,14-15H,3-8,13H2,1-2H3,(H,21,25)/t15-/m0/s1. The minimum absolute atomic E-state index is 0.0646. The lowest BCUT2D eigenvalue weighted by atomic mass is 10.0. The number of aryl methyl sites for hydroxylation is 1. The second-order valence-electron chi connectivity index (χ2n) is 7.02. The number of aromatic nitrogens is 3. The topological polar surface area (TPSA) is 63.1 Å². The number of pyridine rings is 1. The van der Waals surface area contributed by atoms with Crippen LogP contribution >= 0.6 is 0 Å². The molecular formula is C19H27N5O. The maximum Gasteiger partial charge on any atom is 0.252 e. The zero-order valence-electron chi connectivity index (χ0n) is 15.1. The number of hydrogen-bond acceptors (Lipinski definition) is 4. The van der Waals surface area contributed by atoms with Crippen molar-refractivity contribution in [3.8, 4) is 11.1 Å². The molecule has 6 heteroatoms. The predicted octanol–water partition coefficient (Wildman–Crippen LogP) is 2.33. The van der Waals surface area contributed by atoms with Gasteiger partial charge in [0.2, 0.25) is 0 Å². The average Bonchev–Trinajstić information content (AvgIpc) is 3.05. The van der Waals surface area contributed by atoms with Crippen LogP contribution < -0.4 is 5.32 Å². The lowest BCUT2D eigenvalue weighted by Gasteiger charge is -2.30. The molecule has 3 heterocycles. The highest BCUT2D eigenvalue weighted by Gasteiger charge is 2.15. The summed E-state index contributed by atoms with van der Waals surface area (Å²) < 4.78 is 1.74. The number of piperidine rings is 1. The highest BCUT2D eigenvalue weighted by Crippen LogP contribution is 2.18. The number of carbonyl (C=O) groups is 1. The number of amides is 1. The molecule has 1 aliphatic heterocycles. The Balaban J connectivity index is 1.48. The largest absolute Gasteiger partial charge is 0.352 e. The van der Waals surface area contributed by atoms with Crippen LogP contribution in [0.1, 0.15) is 36.5 Å². The third kappa shape index (κ3) is 4.89. The van der Waals surface area contributed by atoms with Crippen LogP contribution in [0, 0.1) is 5.92 Å². The van der Waals surface area contributed by atoms with Crippen LogP contribution in [-0.2, 0) is 7.05 Å². The van der Waals surface area contributed by atoms with Gasteiger partial charge in [-0.1, -0.05) is 6.92 Å². The van der Waals surface area contributed by atoms with Gasteiger partial charge in [0.1, 0.15) is 0 Å². The van der Waals surface area contributed by atoms with Crippen LogP contribution in [0.4, 0.5) is 0 Å². The number of nitrogens with zero attached hydrogens (tertiary/aromatic N) is 4. The summed E-state index contributed by atoms with van der Waals surface area (Å²) >= 11 is 0. The van der Waals surface area contributed by atoms with Gasteiger partial charge in [0, 0.05) is 49.9 Å². The van der Waals surface area contributed by atoms with Crippen molar-refractivity contribution in [1.29, 1.82) is 0 Å². The minimum atomic E-state index is -0.0646. The molecule has 2 aromatic rings. The molecule has 6 nitrogen and oxygen atoms in total. The first-order valence-corrected chi connectivity index (χ1v) is 9.06. The van der Waals surface area contributed by atoms with Gasteiger partial charge in [0.05, 0.1) is 11.8 Å². The van der Waals surface area contributed by atoms with E-state index in [0.717, 1.165) is 30.0 Å². The number of rotatable bonds is 6. The van der Waals surface area contributed by atoms with E-state index in [0.29, 0.717) is 12.1 Å². The van der Waals surface area contributed by atoms with Gasteiger partial charge >= 0.3 is 0 Å². The Morgan fingerprint density at radius 1 is 1.32 bits per heavy atom. The number of nitrogens with one attached hydrogen (secondary N) is 1. The Bertz CT molecular complexity index is 711. The molecule has 1 N–H and O–H groups in total. The van der Waals surface area contributed by atoms with Crippen molar-refractivity contribution in [2.75, 3.05) is 26.2 Å². The molecule has 25 heavy (non-hydrogen) atoms. The van der Waals surface area contributed by atoms with Crippen LogP contribution in [0.25, 0.3) is 11.1 Å². The monoisotopic (exact) mass is 341 g/mol. The van der Waals surface area contributed by atoms with E-state index < -0.39 is 0 Å². The summed E-state index contributed by atoms with van der Waals surface area (Å²) in [5.41, 5.74) is 2.46. The number of carbonyl (C=O) groups excluding carboxylic acids is 1. The highest BCUT2D eigenvalue weighted by atomic mass is 16.1. The van der Waals surface area contributed by atoms with Gasteiger partial charge in [-0.2, -0.15) is 5.10 Å². The van der Waals surface area contributed by atoms with Gasteiger partial charge in [-0.15, -0.1) is 0 Å². The Labute approximate surface area is 149 Å². The van der Waals surface area contributed by atoms with Gasteiger partial charge in [-0.3, -0.25) is 14.5 Å². The Hall–Kier alpha value is -2.21. The maximum absolute atomic E-state index is 12.4. The van der Waals surface area contributed by atoms with Crippen LogP contribution in [0.5, 0.6) is 0 Å². The van der Waals surface area contributed by atoms with Crippen LogP contribution in [0.3, 0.4) is 0 Å². The zero-order chi connectivity index (χ0) is 17.6. The summed E-state index contributed by atoms with van der Waals surface area (Å²) in [7, 11) is 1.87. The van der Waals surface area contributed by atoms with Gasteiger partial charge in [0.25, 0.3) is 5.91 Å². The smallest absolute Gasteiger partial charge is 0.252 e. The molecule has 134 valence electrons. The van der Waals surface area contributed by atoms with Crippen molar-refractivity contribution in [2.45, 2.75) is 26.2 Å². The first-order chi connectivity index (χ1) is 12.1. The SMILES string of the molecule is C[C@H]1CCCN(CCCNC(=O)c2cncc(-c3cnn(C)c3)c2)C1. The molecular weight excluding hydrogens is 314 g/mol. The quantitative estimate of drug-likeness (QED) is 0.819. The van der Waals surface area contributed by atoms with Gasteiger partial charge in [0.15, 0.2) is 0 Å². The second kappa shape index (κ2) is 8.25. The summed E-state index contributed by atoms with van der Waals surface area (Å²) in [6.45, 7) is 6.44. The molecule has 1 aliphatic rings. The molecule has 3 rings (SSSR count). The maximum atomic E-state index is 12.4. The van der Waals surface area contributed by atoms with Gasteiger partial charge in [-0.25, -0.2) is 0 Å². The van der Waals surface area contributed by atoms with E-state index in [4.69, 9.17) is 0 Å². The summed E-state index contributed by atoms with van der Waals surface area (Å²) in [5, 5.41) is 7.17. The summed E-state index contributed by atoms with van der Waals surface area (Å²) in [4.78, 5) is 19.1. The zero-order valence-corrected chi connectivity index (χ0v) is 15.1. The molecule has 1 saturated heterocycles. The van der Waals surface area contributed by atoms with Crippen LogP contribution in [0.2, 0.25) is 0 Å². The van der Waals surface area contributed by atoms with Crippen molar-refractivity contribution >= 4 is 5.91 Å². The van der Waals surface area contributed by atoms with Crippen molar-refractivity contribution in [3.05, 3.63) is 36.4 Å². The molecule has 0 radical (unpaired) electrons. The van der Waals surface area contributed by atoms with Crippen molar-refractivity contribution in [1.82, 2.24) is 25.0 Å². The molecule has 0 aromatic carbocycles. The molecule has 0 saturated carbocycles. The molecule has 0 spiro atoms. The molecule has 0 unspecified atom stereocenters. The second-order valence-corrected chi connectivity index (χ2v) is 7.02. The van der Waals surface area contributed by atoms with E-state index in [1.807, 2.05) is 19.3 Å². The van der Waals surface area contributed by atoms with E-state index in [-0.39, 0.29) is 5.91 Å². The fourth-order valence-electron chi connectivity index (χ4n) is 3.39. The van der Waals surface area contributed by atoms with Crippen molar-refractivity contribution < 1.29 is 4.79 Å². The van der Waals surface area contributed by atoms with E-state index in [9.17, 15) is 4.79 Å². The van der Waals surface area contributed by atoms with E-state index in [1.165, 1.54) is 25.9 Å². The molecule has 2 aromatic heterocycles. The third-order valence-electron chi connectivity index (χ3n) is 4.72. The third-order valence-corrected chi connectivity index (χ3v) is 4.72. The lowest BCUT2D eigenvalue weighted by Crippen LogP contribution is -2.36. The summed E-state index contributed by atoms with van der Waals surface area (Å²) in [6, 6.07) is 1.87.